The van der Waals surface area contributed by atoms with Crippen molar-refractivity contribution >= 4 is 23.0 Å². The van der Waals surface area contributed by atoms with Crippen LogP contribution in [0, 0.1) is 0 Å². The Labute approximate surface area is 225 Å². The van der Waals surface area contributed by atoms with Crippen LogP contribution in [-0.4, -0.2) is 79.5 Å². The second-order valence-electron chi connectivity index (χ2n) is 10.7. The molecule has 1 amide bonds. The van der Waals surface area contributed by atoms with Crippen molar-refractivity contribution in [3.8, 4) is 11.5 Å². The van der Waals surface area contributed by atoms with Gasteiger partial charge in [-0.2, -0.15) is 0 Å². The van der Waals surface area contributed by atoms with Gasteiger partial charge in [0, 0.05) is 54.9 Å². The molecule has 3 N–H and O–H groups in total. The molecule has 8 heteroatoms. The van der Waals surface area contributed by atoms with Gasteiger partial charge in [-0.25, -0.2) is 0 Å². The molecule has 2 saturated heterocycles. The number of amides is 1. The molecule has 204 valence electrons. The number of phenols is 2. The highest BCUT2D eigenvalue weighted by Gasteiger charge is 2.35. The minimum absolute atomic E-state index is 0.00294. The molecule has 0 aliphatic carbocycles. The van der Waals surface area contributed by atoms with Crippen LogP contribution in [0.2, 0.25) is 0 Å². The maximum atomic E-state index is 13.5. The Morgan fingerprint density at radius 1 is 1.00 bits per heavy atom. The molecule has 0 aromatic heterocycles. The number of carbonyl (C=O) groups excluding carboxylic acids is 1. The van der Waals surface area contributed by atoms with Crippen LogP contribution in [0.3, 0.4) is 0 Å². The van der Waals surface area contributed by atoms with E-state index in [1.54, 1.807) is 0 Å². The number of ether oxygens (including phenoxy) is 1. The predicted octanol–water partition coefficient (Wildman–Crippen LogP) is 3.89. The number of rotatable bonds is 8. The van der Waals surface area contributed by atoms with Crippen molar-refractivity contribution in [1.82, 2.24) is 10.2 Å². The van der Waals surface area contributed by atoms with E-state index in [1.165, 1.54) is 18.9 Å². The summed E-state index contributed by atoms with van der Waals surface area (Å²) in [6.45, 7) is 10.9. The van der Waals surface area contributed by atoms with E-state index in [2.05, 4.69) is 39.4 Å². The summed E-state index contributed by atoms with van der Waals surface area (Å²) in [5.74, 6) is 0.151. The van der Waals surface area contributed by atoms with Crippen molar-refractivity contribution in [1.29, 1.82) is 0 Å². The molecule has 1 unspecified atom stereocenters. The first-order valence-electron chi connectivity index (χ1n) is 13.9. The van der Waals surface area contributed by atoms with Crippen LogP contribution < -0.4 is 15.1 Å². The quantitative estimate of drug-likeness (QED) is 0.487. The minimum Gasteiger partial charge on any atom is -0.508 e. The molecule has 2 fully saturated rings. The molecule has 0 bridgehead atoms. The van der Waals surface area contributed by atoms with Crippen molar-refractivity contribution < 1.29 is 19.7 Å². The highest BCUT2D eigenvalue weighted by atomic mass is 16.5. The van der Waals surface area contributed by atoms with Crippen molar-refractivity contribution in [2.75, 3.05) is 62.3 Å². The van der Waals surface area contributed by atoms with Gasteiger partial charge in [0.1, 0.15) is 17.5 Å². The number of nitrogens with one attached hydrogen (secondary N) is 1. The van der Waals surface area contributed by atoms with Crippen LogP contribution >= 0.6 is 0 Å². The first-order chi connectivity index (χ1) is 18.4. The number of nitrogens with zero attached hydrogens (tertiary/aromatic N) is 3. The minimum atomic E-state index is -0.423. The third-order valence-corrected chi connectivity index (χ3v) is 7.88. The monoisotopic (exact) mass is 520 g/mol. The van der Waals surface area contributed by atoms with Gasteiger partial charge in [-0.1, -0.05) is 19.9 Å². The summed E-state index contributed by atoms with van der Waals surface area (Å²) in [5, 5.41) is 24.5. The number of hydrogen-bond donors (Lipinski definition) is 3. The van der Waals surface area contributed by atoms with Crippen molar-refractivity contribution in [3.63, 3.8) is 0 Å². The normalized spacial score (nSPS) is 20.3. The summed E-state index contributed by atoms with van der Waals surface area (Å²) >= 11 is 0. The topological polar surface area (TPSA) is 88.5 Å². The molecule has 8 nitrogen and oxygen atoms in total. The van der Waals surface area contributed by atoms with E-state index in [0.717, 1.165) is 68.6 Å². The Hall–Kier alpha value is -3.23. The fraction of sp³-hybridized carbons (Fsp3) is 0.500. The number of benzene rings is 2. The molecule has 3 aliphatic rings. The van der Waals surface area contributed by atoms with E-state index < -0.39 is 6.04 Å². The number of hydrogen-bond acceptors (Lipinski definition) is 7. The maximum Gasteiger partial charge on any atom is 0.243 e. The fourth-order valence-electron chi connectivity index (χ4n) is 5.75. The number of aromatic hydroxyl groups is 2. The highest BCUT2D eigenvalue weighted by Crippen LogP contribution is 2.42. The molecule has 3 aliphatic heterocycles. The molecule has 3 heterocycles. The summed E-state index contributed by atoms with van der Waals surface area (Å²) < 4.78 is 5.49. The smallest absolute Gasteiger partial charge is 0.243 e. The van der Waals surface area contributed by atoms with E-state index in [9.17, 15) is 15.0 Å². The first kappa shape index (κ1) is 26.4. The van der Waals surface area contributed by atoms with Gasteiger partial charge < -0.3 is 35.0 Å². The van der Waals surface area contributed by atoms with Crippen LogP contribution in [0.15, 0.2) is 42.5 Å². The van der Waals surface area contributed by atoms with Crippen LogP contribution in [0.25, 0.3) is 5.70 Å². The maximum absolute atomic E-state index is 13.5. The second-order valence-corrected chi connectivity index (χ2v) is 10.7. The van der Waals surface area contributed by atoms with Gasteiger partial charge in [0.05, 0.1) is 13.2 Å². The van der Waals surface area contributed by atoms with E-state index in [4.69, 9.17) is 4.74 Å². The molecule has 1 atom stereocenters. The van der Waals surface area contributed by atoms with Gasteiger partial charge >= 0.3 is 0 Å². The van der Waals surface area contributed by atoms with Gasteiger partial charge in [0.15, 0.2) is 0 Å². The van der Waals surface area contributed by atoms with E-state index in [1.807, 2.05) is 30.9 Å². The zero-order valence-corrected chi connectivity index (χ0v) is 22.5. The molecule has 38 heavy (non-hydrogen) atoms. The third kappa shape index (κ3) is 5.61. The van der Waals surface area contributed by atoms with Crippen LogP contribution in [-0.2, 0) is 9.53 Å². The number of likely N-dealkylation sites (tertiary alicyclic amines) is 1. The Morgan fingerprint density at radius 3 is 2.37 bits per heavy atom. The van der Waals surface area contributed by atoms with Gasteiger partial charge in [0.2, 0.25) is 5.91 Å². The Morgan fingerprint density at radius 2 is 1.68 bits per heavy atom. The predicted molar refractivity (Wildman–Crippen MR) is 151 cm³/mol. The lowest BCUT2D eigenvalue weighted by Crippen LogP contribution is -2.45. The summed E-state index contributed by atoms with van der Waals surface area (Å²) in [6, 6.07) is 11.1. The number of carbonyl (C=O) groups is 1. The average Bonchev–Trinajstić information content (AvgIpc) is 3.60. The highest BCUT2D eigenvalue weighted by molar-refractivity contribution is 5.96. The molecule has 5 rings (SSSR count). The lowest BCUT2D eigenvalue weighted by atomic mass is 9.97. The largest absolute Gasteiger partial charge is 0.508 e. The van der Waals surface area contributed by atoms with E-state index in [0.29, 0.717) is 18.5 Å². The average molecular weight is 521 g/mol. The number of morpholine rings is 1. The van der Waals surface area contributed by atoms with Crippen molar-refractivity contribution in [3.05, 3.63) is 53.6 Å². The van der Waals surface area contributed by atoms with E-state index >= 15 is 0 Å². The summed E-state index contributed by atoms with van der Waals surface area (Å²) in [6.07, 6.45) is 5.02. The van der Waals surface area contributed by atoms with Crippen molar-refractivity contribution in [2.24, 2.45) is 0 Å². The fourth-order valence-corrected chi connectivity index (χ4v) is 5.75. The third-order valence-electron chi connectivity index (χ3n) is 7.88. The molecule has 2 aromatic carbocycles. The zero-order valence-electron chi connectivity index (χ0n) is 22.5. The van der Waals surface area contributed by atoms with E-state index in [-0.39, 0.29) is 23.3 Å². The van der Waals surface area contributed by atoms with Gasteiger partial charge in [-0.15, -0.1) is 0 Å². The van der Waals surface area contributed by atoms with Crippen LogP contribution in [0.5, 0.6) is 11.5 Å². The first-order valence-corrected chi connectivity index (χ1v) is 13.9. The molecule has 0 spiro atoms. The summed E-state index contributed by atoms with van der Waals surface area (Å²) in [4.78, 5) is 20.2. The summed E-state index contributed by atoms with van der Waals surface area (Å²) in [7, 11) is 0. The molecular weight excluding hydrogens is 480 g/mol. The number of anilines is 2. The lowest BCUT2D eigenvalue weighted by Gasteiger charge is -2.32. The van der Waals surface area contributed by atoms with Crippen LogP contribution in [0.4, 0.5) is 11.4 Å². The Kier molecular flexibility index (Phi) is 8.09. The number of phenolic OH excluding ortho intramolecular Hbond substituents is 2. The summed E-state index contributed by atoms with van der Waals surface area (Å²) in [5.41, 5.74) is 4.19. The van der Waals surface area contributed by atoms with Gasteiger partial charge in [-0.05, 0) is 74.2 Å². The Bertz CT molecular complexity index is 1150. The van der Waals surface area contributed by atoms with Gasteiger partial charge in [0.25, 0.3) is 0 Å². The molecule has 0 radical (unpaired) electrons. The lowest BCUT2D eigenvalue weighted by molar-refractivity contribution is -0.122. The SMILES string of the molecule is CC(C)c1cc(C2=CCC(C(=O)NCCN3CCCC3)N2c2ccc(N3CCOCC3)cc2)c(O)cc1O. The Balaban J connectivity index is 1.42. The van der Waals surface area contributed by atoms with Gasteiger partial charge in [-0.3, -0.25) is 4.79 Å². The standard InChI is InChI=1S/C30H40N4O4/c1-21(2)24-19-25(29(36)20-28(24)35)26-9-10-27(30(37)31-11-14-32-12-3-4-13-32)34(26)23-7-5-22(6-8-23)33-15-17-38-18-16-33/h5-9,19-21,27,35-36H,3-4,10-18H2,1-2H3,(H,31,37). The van der Waals surface area contributed by atoms with Crippen molar-refractivity contribution in [2.45, 2.75) is 45.1 Å². The molecular formula is C30H40N4O4. The van der Waals surface area contributed by atoms with Crippen LogP contribution in [0.1, 0.15) is 50.2 Å². The second kappa shape index (κ2) is 11.7. The molecule has 0 saturated carbocycles. The molecule has 2 aromatic rings. The zero-order chi connectivity index (χ0) is 26.6.